The van der Waals surface area contributed by atoms with Crippen molar-refractivity contribution in [1.29, 1.82) is 0 Å². The third kappa shape index (κ3) is 11.6. The maximum atomic E-state index is 10.6. The normalized spacial score (nSPS) is 10.3. The number of hydrogen-bond donors (Lipinski definition) is 1. The molecule has 0 aliphatic heterocycles. The molecule has 2 heteroatoms. The number of ketones is 1. The quantitative estimate of drug-likeness (QED) is 0.559. The first kappa shape index (κ1) is 12.6. The predicted molar refractivity (Wildman–Crippen MR) is 56.9 cm³/mol. The Morgan fingerprint density at radius 1 is 1.08 bits per heavy atom. The zero-order valence-corrected chi connectivity index (χ0v) is 9.07. The highest BCUT2D eigenvalue weighted by molar-refractivity contribution is 5.75. The van der Waals surface area contributed by atoms with Gasteiger partial charge in [0.2, 0.25) is 0 Å². The van der Waals surface area contributed by atoms with Gasteiger partial charge in [0.1, 0.15) is 5.78 Å². The van der Waals surface area contributed by atoms with Crippen LogP contribution in [0.4, 0.5) is 0 Å². The van der Waals surface area contributed by atoms with E-state index in [1.165, 1.54) is 25.7 Å². The molecule has 0 aromatic heterocycles. The fraction of sp³-hybridized carbons (Fsp3) is 0.909. The maximum Gasteiger partial charge on any atom is 0.129 e. The fourth-order valence-electron chi connectivity index (χ4n) is 1.33. The average molecular weight is 185 g/mol. The topological polar surface area (TPSA) is 29.1 Å². The molecule has 0 rings (SSSR count). The molecule has 0 atom stereocenters. The number of Topliss-reactive ketones (excluding diaryl/α,β-unsaturated/α-hetero) is 1. The summed E-state index contributed by atoms with van der Waals surface area (Å²) < 4.78 is 0. The smallest absolute Gasteiger partial charge is 0.129 e. The van der Waals surface area contributed by atoms with Crippen molar-refractivity contribution in [3.63, 3.8) is 0 Å². The molecule has 0 aliphatic carbocycles. The molecule has 0 aliphatic rings. The largest absolute Gasteiger partial charge is 0.317 e. The van der Waals surface area contributed by atoms with Crippen LogP contribution in [0.3, 0.4) is 0 Å². The highest BCUT2D eigenvalue weighted by Crippen LogP contribution is 2.04. The summed E-state index contributed by atoms with van der Waals surface area (Å²) >= 11 is 0. The van der Waals surface area contributed by atoms with E-state index in [1.54, 1.807) is 6.92 Å². The second kappa shape index (κ2) is 9.72. The molecule has 1 N–H and O–H groups in total. The van der Waals surface area contributed by atoms with Gasteiger partial charge in [0, 0.05) is 6.42 Å². The molecule has 0 fully saturated rings. The SMILES string of the molecule is CCNCCCCCCCC(C)=O. The van der Waals surface area contributed by atoms with Crippen LogP contribution in [-0.2, 0) is 4.79 Å². The molecule has 0 saturated heterocycles. The van der Waals surface area contributed by atoms with Crippen LogP contribution in [0, 0.1) is 0 Å². The Labute approximate surface area is 82.1 Å². The summed E-state index contributed by atoms with van der Waals surface area (Å²) in [6.45, 7) is 6.02. The summed E-state index contributed by atoms with van der Waals surface area (Å²) in [4.78, 5) is 10.6. The van der Waals surface area contributed by atoms with Crippen molar-refractivity contribution >= 4 is 5.78 Å². The van der Waals surface area contributed by atoms with Gasteiger partial charge in [-0.25, -0.2) is 0 Å². The van der Waals surface area contributed by atoms with Crippen LogP contribution in [0.5, 0.6) is 0 Å². The first-order valence-corrected chi connectivity index (χ1v) is 5.47. The molecule has 0 bridgehead atoms. The van der Waals surface area contributed by atoms with Crippen molar-refractivity contribution in [2.75, 3.05) is 13.1 Å². The van der Waals surface area contributed by atoms with Crippen LogP contribution in [0.2, 0.25) is 0 Å². The third-order valence-corrected chi connectivity index (χ3v) is 2.13. The third-order valence-electron chi connectivity index (χ3n) is 2.13. The van der Waals surface area contributed by atoms with Gasteiger partial charge >= 0.3 is 0 Å². The molecule has 0 saturated carbocycles. The van der Waals surface area contributed by atoms with Crippen molar-refractivity contribution < 1.29 is 4.79 Å². The molecular weight excluding hydrogens is 162 g/mol. The van der Waals surface area contributed by atoms with Crippen LogP contribution < -0.4 is 5.32 Å². The Morgan fingerprint density at radius 3 is 2.31 bits per heavy atom. The Balaban J connectivity index is 2.87. The molecule has 0 unspecified atom stereocenters. The molecule has 0 spiro atoms. The van der Waals surface area contributed by atoms with Crippen LogP contribution in [0.15, 0.2) is 0 Å². The zero-order chi connectivity index (χ0) is 9.94. The van der Waals surface area contributed by atoms with E-state index in [2.05, 4.69) is 12.2 Å². The van der Waals surface area contributed by atoms with Crippen LogP contribution >= 0.6 is 0 Å². The molecule has 78 valence electrons. The van der Waals surface area contributed by atoms with Gasteiger partial charge in [-0.1, -0.05) is 26.2 Å². The van der Waals surface area contributed by atoms with Gasteiger partial charge in [-0.3, -0.25) is 0 Å². The second-order valence-corrected chi connectivity index (χ2v) is 3.57. The Bertz CT molecular complexity index is 123. The number of hydrogen-bond acceptors (Lipinski definition) is 2. The monoisotopic (exact) mass is 185 g/mol. The highest BCUT2D eigenvalue weighted by Gasteiger charge is 1.93. The van der Waals surface area contributed by atoms with Crippen LogP contribution in [-0.4, -0.2) is 18.9 Å². The Morgan fingerprint density at radius 2 is 1.69 bits per heavy atom. The lowest BCUT2D eigenvalue weighted by molar-refractivity contribution is -0.117. The summed E-state index contributed by atoms with van der Waals surface area (Å²) in [7, 11) is 0. The standard InChI is InChI=1S/C11H23NO/c1-3-12-10-8-6-4-5-7-9-11(2)13/h12H,3-10H2,1-2H3. The first-order valence-electron chi connectivity index (χ1n) is 5.47. The van der Waals surface area contributed by atoms with E-state index in [4.69, 9.17) is 0 Å². The number of nitrogens with one attached hydrogen (secondary N) is 1. The van der Waals surface area contributed by atoms with Crippen molar-refractivity contribution in [1.82, 2.24) is 5.32 Å². The summed E-state index contributed by atoms with van der Waals surface area (Å²) in [5, 5.41) is 3.30. The summed E-state index contributed by atoms with van der Waals surface area (Å²) in [6.07, 6.45) is 6.91. The number of rotatable bonds is 9. The van der Waals surface area contributed by atoms with E-state index >= 15 is 0 Å². The van der Waals surface area contributed by atoms with Crippen molar-refractivity contribution in [3.8, 4) is 0 Å². The molecule has 0 aromatic rings. The van der Waals surface area contributed by atoms with E-state index < -0.39 is 0 Å². The molecule has 0 amide bonds. The van der Waals surface area contributed by atoms with Gasteiger partial charge in [-0.05, 0) is 32.9 Å². The van der Waals surface area contributed by atoms with Gasteiger partial charge < -0.3 is 10.1 Å². The van der Waals surface area contributed by atoms with Crippen molar-refractivity contribution in [3.05, 3.63) is 0 Å². The predicted octanol–water partition coefficient (Wildman–Crippen LogP) is 2.53. The van der Waals surface area contributed by atoms with Crippen molar-refractivity contribution in [2.45, 2.75) is 52.4 Å². The van der Waals surface area contributed by atoms with Gasteiger partial charge in [0.05, 0.1) is 0 Å². The van der Waals surface area contributed by atoms with E-state index in [-0.39, 0.29) is 0 Å². The number of carbonyl (C=O) groups is 1. The maximum absolute atomic E-state index is 10.6. The number of carbonyl (C=O) groups excluding carboxylic acids is 1. The molecule has 0 aromatic carbocycles. The average Bonchev–Trinajstić information content (AvgIpc) is 2.09. The molecule has 0 heterocycles. The Kier molecular flexibility index (Phi) is 9.44. The molecule has 0 radical (unpaired) electrons. The van der Waals surface area contributed by atoms with Crippen LogP contribution in [0.25, 0.3) is 0 Å². The van der Waals surface area contributed by atoms with Gasteiger partial charge in [0.25, 0.3) is 0 Å². The van der Waals surface area contributed by atoms with Gasteiger partial charge in [-0.15, -0.1) is 0 Å². The molecule has 2 nitrogen and oxygen atoms in total. The second-order valence-electron chi connectivity index (χ2n) is 3.57. The molecule has 13 heavy (non-hydrogen) atoms. The Hall–Kier alpha value is -0.370. The van der Waals surface area contributed by atoms with Crippen LogP contribution in [0.1, 0.15) is 52.4 Å². The zero-order valence-electron chi connectivity index (χ0n) is 9.07. The minimum absolute atomic E-state index is 0.327. The minimum Gasteiger partial charge on any atom is -0.317 e. The number of unbranched alkanes of at least 4 members (excludes halogenated alkanes) is 4. The highest BCUT2D eigenvalue weighted by atomic mass is 16.1. The van der Waals surface area contributed by atoms with Gasteiger partial charge in [0.15, 0.2) is 0 Å². The lowest BCUT2D eigenvalue weighted by Crippen LogP contribution is -2.13. The lowest BCUT2D eigenvalue weighted by atomic mass is 10.1. The fourth-order valence-corrected chi connectivity index (χ4v) is 1.33. The lowest BCUT2D eigenvalue weighted by Gasteiger charge is -2.01. The minimum atomic E-state index is 0.327. The van der Waals surface area contributed by atoms with E-state index in [0.29, 0.717) is 5.78 Å². The molecular formula is C11H23NO. The summed E-state index contributed by atoms with van der Waals surface area (Å²) in [5.41, 5.74) is 0. The summed E-state index contributed by atoms with van der Waals surface area (Å²) in [5.74, 6) is 0.327. The van der Waals surface area contributed by atoms with E-state index in [1.807, 2.05) is 0 Å². The van der Waals surface area contributed by atoms with Gasteiger partial charge in [-0.2, -0.15) is 0 Å². The first-order chi connectivity index (χ1) is 6.27. The van der Waals surface area contributed by atoms with Crippen molar-refractivity contribution in [2.24, 2.45) is 0 Å². The van der Waals surface area contributed by atoms with E-state index in [9.17, 15) is 4.79 Å². The van der Waals surface area contributed by atoms with E-state index in [0.717, 1.165) is 25.9 Å². The summed E-state index contributed by atoms with van der Waals surface area (Å²) in [6, 6.07) is 0.